The number of hydrogen-bond acceptors (Lipinski definition) is 6. The van der Waals surface area contributed by atoms with Gasteiger partial charge in [-0.3, -0.25) is 14.6 Å². The van der Waals surface area contributed by atoms with E-state index in [9.17, 15) is 14.4 Å². The summed E-state index contributed by atoms with van der Waals surface area (Å²) in [4.78, 5) is 43.4. The van der Waals surface area contributed by atoms with Gasteiger partial charge in [0.25, 0.3) is 11.8 Å². The molecule has 2 amide bonds. The molecular formula is C31H29N3O5. The number of carbonyl (C=O) groups excluding carboxylic acids is 3. The molecule has 1 aliphatic rings. The Balaban J connectivity index is 1.11. The predicted octanol–water partition coefficient (Wildman–Crippen LogP) is 5.06. The number of methoxy groups -OCH3 is 1. The highest BCUT2D eigenvalue weighted by Crippen LogP contribution is 2.30. The normalized spacial score (nSPS) is 13.6. The van der Waals surface area contributed by atoms with Crippen molar-refractivity contribution in [3.8, 4) is 5.75 Å². The molecule has 1 fully saturated rings. The minimum atomic E-state index is -0.430. The maximum Gasteiger partial charge on any atom is 0.337 e. The van der Waals surface area contributed by atoms with Gasteiger partial charge in [0.1, 0.15) is 5.75 Å². The van der Waals surface area contributed by atoms with Crippen molar-refractivity contribution in [2.45, 2.75) is 18.8 Å². The van der Waals surface area contributed by atoms with E-state index >= 15 is 0 Å². The molecule has 5 rings (SSSR count). The van der Waals surface area contributed by atoms with Crippen LogP contribution in [0.4, 0.5) is 5.69 Å². The number of para-hydroxylation sites is 1. The third-order valence-corrected chi connectivity index (χ3v) is 6.97. The molecule has 2 heterocycles. The number of esters is 1. The van der Waals surface area contributed by atoms with Crippen LogP contribution >= 0.6 is 0 Å². The van der Waals surface area contributed by atoms with Crippen molar-refractivity contribution in [3.63, 3.8) is 0 Å². The van der Waals surface area contributed by atoms with Gasteiger partial charge in [-0.25, -0.2) is 4.79 Å². The van der Waals surface area contributed by atoms with Crippen molar-refractivity contribution in [1.82, 2.24) is 9.88 Å². The molecular weight excluding hydrogens is 494 g/mol. The number of aromatic nitrogens is 1. The molecule has 1 aliphatic heterocycles. The first kappa shape index (κ1) is 25.9. The Morgan fingerprint density at radius 3 is 2.36 bits per heavy atom. The van der Waals surface area contributed by atoms with Crippen LogP contribution < -0.4 is 10.1 Å². The van der Waals surface area contributed by atoms with Gasteiger partial charge in [0, 0.05) is 30.4 Å². The maximum atomic E-state index is 13.2. The fourth-order valence-corrected chi connectivity index (χ4v) is 4.86. The molecule has 0 radical (unpaired) electrons. The average molecular weight is 524 g/mol. The second-order valence-electron chi connectivity index (χ2n) is 9.42. The second-order valence-corrected chi connectivity index (χ2v) is 9.42. The Hall–Kier alpha value is -4.72. The third kappa shape index (κ3) is 6.06. The number of fused-ring (bicyclic) bond motifs is 1. The number of hydrogen-bond donors (Lipinski definition) is 1. The minimum absolute atomic E-state index is 0.0479. The Labute approximate surface area is 226 Å². The van der Waals surface area contributed by atoms with E-state index < -0.39 is 5.97 Å². The zero-order valence-corrected chi connectivity index (χ0v) is 21.6. The zero-order chi connectivity index (χ0) is 27.2. The van der Waals surface area contributed by atoms with E-state index in [-0.39, 0.29) is 18.4 Å². The van der Waals surface area contributed by atoms with Crippen LogP contribution in [0.1, 0.15) is 45.0 Å². The number of rotatable bonds is 7. The monoisotopic (exact) mass is 523 g/mol. The first-order chi connectivity index (χ1) is 19.0. The van der Waals surface area contributed by atoms with E-state index in [0.29, 0.717) is 41.6 Å². The van der Waals surface area contributed by atoms with Gasteiger partial charge in [-0.2, -0.15) is 0 Å². The molecule has 198 valence electrons. The van der Waals surface area contributed by atoms with Crippen LogP contribution in [0.3, 0.4) is 0 Å². The zero-order valence-electron chi connectivity index (χ0n) is 21.6. The van der Waals surface area contributed by atoms with Crippen LogP contribution in [0.2, 0.25) is 0 Å². The van der Waals surface area contributed by atoms with Crippen molar-refractivity contribution in [2.24, 2.45) is 0 Å². The molecule has 0 bridgehead atoms. The summed E-state index contributed by atoms with van der Waals surface area (Å²) in [7, 11) is 1.32. The van der Waals surface area contributed by atoms with Crippen LogP contribution in [0.25, 0.3) is 10.9 Å². The molecule has 39 heavy (non-hydrogen) atoms. The summed E-state index contributed by atoms with van der Waals surface area (Å²) in [6.07, 6.45) is 3.45. The molecule has 0 spiro atoms. The van der Waals surface area contributed by atoms with E-state index in [1.54, 1.807) is 36.5 Å². The molecule has 0 saturated carbocycles. The second kappa shape index (κ2) is 11.8. The summed E-state index contributed by atoms with van der Waals surface area (Å²) in [5.74, 6) is 0.168. The van der Waals surface area contributed by atoms with Crippen LogP contribution in [-0.2, 0) is 9.53 Å². The molecule has 0 aliphatic carbocycles. The van der Waals surface area contributed by atoms with E-state index in [1.807, 2.05) is 53.4 Å². The smallest absolute Gasteiger partial charge is 0.337 e. The number of pyridine rings is 1. The highest BCUT2D eigenvalue weighted by atomic mass is 16.5. The van der Waals surface area contributed by atoms with Gasteiger partial charge >= 0.3 is 5.97 Å². The van der Waals surface area contributed by atoms with Gasteiger partial charge in [0.15, 0.2) is 6.61 Å². The standard InChI is InChI=1S/C31H29N3O5/c1-38-31(37)23-8-12-25(13-9-23)39-20-29(35)33-24-10-6-21(7-11-24)22-15-18-34(19-16-22)30(36)27-14-17-32-28-5-3-2-4-26(27)28/h2-14,17,22H,15-16,18-20H2,1H3,(H,33,35). The Morgan fingerprint density at radius 1 is 0.923 bits per heavy atom. The Bertz CT molecular complexity index is 1470. The summed E-state index contributed by atoms with van der Waals surface area (Å²) in [5.41, 5.74) is 3.81. The van der Waals surface area contributed by atoms with E-state index in [2.05, 4.69) is 15.0 Å². The molecule has 0 unspecified atom stereocenters. The number of benzene rings is 3. The molecule has 4 aromatic rings. The summed E-state index contributed by atoms with van der Waals surface area (Å²) in [6.45, 7) is 1.23. The lowest BCUT2D eigenvalue weighted by molar-refractivity contribution is -0.118. The lowest BCUT2D eigenvalue weighted by Gasteiger charge is -2.32. The molecule has 1 saturated heterocycles. The van der Waals surface area contributed by atoms with Gasteiger partial charge in [0.2, 0.25) is 0 Å². The number of nitrogens with zero attached hydrogens (tertiary/aromatic N) is 2. The third-order valence-electron chi connectivity index (χ3n) is 6.97. The van der Waals surface area contributed by atoms with Crippen molar-refractivity contribution in [1.29, 1.82) is 0 Å². The van der Waals surface area contributed by atoms with Crippen molar-refractivity contribution < 1.29 is 23.9 Å². The minimum Gasteiger partial charge on any atom is -0.484 e. The van der Waals surface area contributed by atoms with Crippen molar-refractivity contribution in [2.75, 3.05) is 32.1 Å². The number of nitrogens with one attached hydrogen (secondary N) is 1. The Morgan fingerprint density at radius 2 is 1.64 bits per heavy atom. The van der Waals surface area contributed by atoms with Crippen molar-refractivity contribution >= 4 is 34.4 Å². The highest BCUT2D eigenvalue weighted by Gasteiger charge is 2.25. The molecule has 8 nitrogen and oxygen atoms in total. The maximum absolute atomic E-state index is 13.2. The van der Waals surface area contributed by atoms with Crippen LogP contribution in [0.15, 0.2) is 85.1 Å². The first-order valence-corrected chi connectivity index (χ1v) is 12.9. The van der Waals surface area contributed by atoms with Crippen molar-refractivity contribution in [3.05, 3.63) is 102 Å². The van der Waals surface area contributed by atoms with Gasteiger partial charge in [-0.1, -0.05) is 30.3 Å². The lowest BCUT2D eigenvalue weighted by atomic mass is 9.89. The first-order valence-electron chi connectivity index (χ1n) is 12.9. The summed E-state index contributed by atoms with van der Waals surface area (Å²) in [6, 6.07) is 23.8. The van der Waals surface area contributed by atoms with Gasteiger partial charge in [-0.15, -0.1) is 0 Å². The van der Waals surface area contributed by atoms with E-state index in [0.717, 1.165) is 23.7 Å². The number of anilines is 1. The SMILES string of the molecule is COC(=O)c1ccc(OCC(=O)Nc2ccc(C3CCN(C(=O)c4ccnc5ccccc45)CC3)cc2)cc1. The average Bonchev–Trinajstić information content (AvgIpc) is 3.00. The molecule has 0 atom stereocenters. The van der Waals surface area contributed by atoms with Crippen LogP contribution in [0.5, 0.6) is 5.75 Å². The number of ether oxygens (including phenoxy) is 2. The summed E-state index contributed by atoms with van der Waals surface area (Å²) in [5, 5.41) is 3.72. The number of piperidine rings is 1. The fraction of sp³-hybridized carbons (Fsp3) is 0.226. The van der Waals surface area contributed by atoms with Crippen LogP contribution in [0, 0.1) is 0 Å². The van der Waals surface area contributed by atoms with Gasteiger partial charge in [0.05, 0.1) is 23.8 Å². The molecule has 8 heteroatoms. The number of carbonyl (C=O) groups is 3. The predicted molar refractivity (Wildman–Crippen MR) is 148 cm³/mol. The molecule has 3 aromatic carbocycles. The lowest BCUT2D eigenvalue weighted by Crippen LogP contribution is -2.38. The summed E-state index contributed by atoms with van der Waals surface area (Å²) >= 11 is 0. The molecule has 1 aromatic heterocycles. The summed E-state index contributed by atoms with van der Waals surface area (Å²) < 4.78 is 10.2. The number of likely N-dealkylation sites (tertiary alicyclic amines) is 1. The highest BCUT2D eigenvalue weighted by molar-refractivity contribution is 6.06. The molecule has 1 N–H and O–H groups in total. The Kier molecular flexibility index (Phi) is 7.82. The number of amides is 2. The van der Waals surface area contributed by atoms with E-state index in [4.69, 9.17) is 4.74 Å². The van der Waals surface area contributed by atoms with Crippen LogP contribution in [-0.4, -0.2) is 54.5 Å². The van der Waals surface area contributed by atoms with Gasteiger partial charge in [-0.05, 0) is 72.9 Å². The topological polar surface area (TPSA) is 97.8 Å². The van der Waals surface area contributed by atoms with Gasteiger partial charge < -0.3 is 19.7 Å². The van der Waals surface area contributed by atoms with E-state index in [1.165, 1.54) is 12.7 Å². The fourth-order valence-electron chi connectivity index (χ4n) is 4.86. The quantitative estimate of drug-likeness (QED) is 0.340. The largest absolute Gasteiger partial charge is 0.484 e.